The van der Waals surface area contributed by atoms with Crippen LogP contribution in [0.1, 0.15) is 47.0 Å². The monoisotopic (exact) mass is 552 g/mol. The number of fused-ring (bicyclic) bond motifs is 2. The summed E-state index contributed by atoms with van der Waals surface area (Å²) in [5.74, 6) is -3.34. The molecule has 0 spiro atoms. The predicted octanol–water partition coefficient (Wildman–Crippen LogP) is 0.719. The van der Waals surface area contributed by atoms with Crippen molar-refractivity contribution in [2.75, 3.05) is 6.61 Å². The highest BCUT2D eigenvalue weighted by molar-refractivity contribution is 5.90. The first kappa shape index (κ1) is 29.2. The molecule has 2 N–H and O–H groups in total. The van der Waals surface area contributed by atoms with E-state index in [0.717, 1.165) is 12.5 Å². The van der Waals surface area contributed by atoms with Gasteiger partial charge in [-0.2, -0.15) is 0 Å². The molecule has 4 fully saturated rings. The average Bonchev–Trinajstić information content (AvgIpc) is 3.17. The van der Waals surface area contributed by atoms with Crippen molar-refractivity contribution in [1.29, 1.82) is 0 Å². The van der Waals surface area contributed by atoms with Crippen molar-refractivity contribution < 1.29 is 57.8 Å². The Morgan fingerprint density at radius 2 is 1.72 bits per heavy atom. The fourth-order valence-corrected chi connectivity index (χ4v) is 6.46. The number of hydrogen-bond donors (Lipinski definition) is 2. The third-order valence-corrected chi connectivity index (χ3v) is 8.18. The van der Waals surface area contributed by atoms with E-state index in [9.17, 15) is 29.4 Å². The zero-order chi connectivity index (χ0) is 28.8. The molecule has 2 saturated heterocycles. The summed E-state index contributed by atoms with van der Waals surface area (Å²) in [5, 5.41) is 21.4. The molecule has 0 bridgehead atoms. The highest BCUT2D eigenvalue weighted by atomic mass is 16.7. The van der Waals surface area contributed by atoms with Crippen molar-refractivity contribution in [3.8, 4) is 0 Å². The Bertz CT molecular complexity index is 1050. The van der Waals surface area contributed by atoms with E-state index < -0.39 is 72.4 Å². The standard InChI is InChI=1S/C27H36O12/c1-11-7-18-16(12(2)25(33)37-18)8-17-21(11)19(35-14(4)29)9-27(17,6)39-26-24(36-15(5)30)23(32)22(31)20(38-26)10-34-13(3)28/h16-24,26,31-32H,1-2,7-10H2,3-6H3/t16-,17-,18-,19+,20-,21-,22-,23+,24-,26+,27-/m1/s1. The molecule has 2 aliphatic carbocycles. The van der Waals surface area contributed by atoms with Gasteiger partial charge in [0, 0.05) is 51.0 Å². The Kier molecular flexibility index (Phi) is 8.23. The average molecular weight is 553 g/mol. The zero-order valence-corrected chi connectivity index (χ0v) is 22.5. The molecule has 12 nitrogen and oxygen atoms in total. The van der Waals surface area contributed by atoms with Gasteiger partial charge in [-0.3, -0.25) is 14.4 Å². The van der Waals surface area contributed by atoms with Crippen LogP contribution < -0.4 is 0 Å². The molecule has 39 heavy (non-hydrogen) atoms. The van der Waals surface area contributed by atoms with Crippen molar-refractivity contribution in [1.82, 2.24) is 0 Å². The maximum atomic E-state index is 12.3. The van der Waals surface area contributed by atoms with Crippen LogP contribution in [-0.4, -0.2) is 89.2 Å². The first-order valence-corrected chi connectivity index (χ1v) is 13.0. The fraction of sp³-hybridized carbons (Fsp3) is 0.704. The first-order chi connectivity index (χ1) is 18.2. The lowest BCUT2D eigenvalue weighted by molar-refractivity contribution is -0.331. The number of rotatable bonds is 6. The number of carbonyl (C=O) groups is 4. The summed E-state index contributed by atoms with van der Waals surface area (Å²) in [4.78, 5) is 47.6. The van der Waals surface area contributed by atoms with E-state index in [1.54, 1.807) is 6.92 Å². The Morgan fingerprint density at radius 3 is 2.33 bits per heavy atom. The Balaban J connectivity index is 1.68. The minimum Gasteiger partial charge on any atom is -0.463 e. The topological polar surface area (TPSA) is 164 Å². The van der Waals surface area contributed by atoms with Gasteiger partial charge in [0.1, 0.15) is 37.1 Å². The number of carbonyl (C=O) groups excluding carboxylic acids is 4. The molecule has 0 aromatic rings. The van der Waals surface area contributed by atoms with Crippen LogP contribution in [0.25, 0.3) is 0 Å². The number of aliphatic hydroxyl groups is 2. The molecular formula is C27H36O12. The summed E-state index contributed by atoms with van der Waals surface area (Å²) in [6.07, 6.45) is -7.22. The number of aliphatic hydroxyl groups excluding tert-OH is 2. The molecule has 11 atom stereocenters. The minimum absolute atomic E-state index is 0.208. The smallest absolute Gasteiger partial charge is 0.334 e. The van der Waals surface area contributed by atoms with Crippen molar-refractivity contribution in [2.24, 2.45) is 17.8 Å². The van der Waals surface area contributed by atoms with Gasteiger partial charge in [0.15, 0.2) is 12.4 Å². The molecule has 2 saturated carbocycles. The third kappa shape index (κ3) is 5.74. The van der Waals surface area contributed by atoms with Crippen molar-refractivity contribution in [3.05, 3.63) is 24.3 Å². The Morgan fingerprint density at radius 1 is 1.05 bits per heavy atom. The normalized spacial score (nSPS) is 41.6. The molecule has 0 radical (unpaired) electrons. The van der Waals surface area contributed by atoms with Crippen LogP contribution in [0, 0.1) is 17.8 Å². The van der Waals surface area contributed by atoms with E-state index in [-0.39, 0.29) is 30.8 Å². The van der Waals surface area contributed by atoms with Gasteiger partial charge in [0.05, 0.1) is 5.60 Å². The molecule has 4 rings (SSSR count). The van der Waals surface area contributed by atoms with E-state index in [2.05, 4.69) is 13.2 Å². The van der Waals surface area contributed by atoms with Gasteiger partial charge >= 0.3 is 23.9 Å². The van der Waals surface area contributed by atoms with Gasteiger partial charge in [-0.1, -0.05) is 18.7 Å². The highest BCUT2D eigenvalue weighted by Crippen LogP contribution is 2.56. The van der Waals surface area contributed by atoms with Gasteiger partial charge in [-0.25, -0.2) is 4.79 Å². The van der Waals surface area contributed by atoms with E-state index >= 15 is 0 Å². The van der Waals surface area contributed by atoms with Crippen LogP contribution in [0.4, 0.5) is 0 Å². The van der Waals surface area contributed by atoms with E-state index in [1.807, 2.05) is 0 Å². The molecule has 216 valence electrons. The molecule has 2 aliphatic heterocycles. The predicted molar refractivity (Wildman–Crippen MR) is 130 cm³/mol. The van der Waals surface area contributed by atoms with Crippen LogP contribution in [0.3, 0.4) is 0 Å². The highest BCUT2D eigenvalue weighted by Gasteiger charge is 2.60. The minimum atomic E-state index is -1.62. The number of ether oxygens (including phenoxy) is 6. The quantitative estimate of drug-likeness (QED) is 0.206. The van der Waals surface area contributed by atoms with Gasteiger partial charge < -0.3 is 38.6 Å². The largest absolute Gasteiger partial charge is 0.463 e. The van der Waals surface area contributed by atoms with Crippen molar-refractivity contribution >= 4 is 23.9 Å². The molecule has 4 aliphatic rings. The summed E-state index contributed by atoms with van der Waals surface area (Å²) in [7, 11) is 0. The summed E-state index contributed by atoms with van der Waals surface area (Å²) in [6.45, 7) is 13.2. The summed E-state index contributed by atoms with van der Waals surface area (Å²) < 4.78 is 34.0. The van der Waals surface area contributed by atoms with Crippen molar-refractivity contribution in [2.45, 2.75) is 95.5 Å². The molecular weight excluding hydrogens is 516 g/mol. The molecule has 0 aromatic carbocycles. The SMILES string of the molecule is C=C1C[C@H]2OC(=O)C(=C)[C@H]2C[C@@H]2[C@@H]1[C@@H](OC(C)=O)C[C@@]2(C)O[C@@H]1O[C@H](COC(C)=O)[C@@H](O)[C@H](O)[C@H]1OC(C)=O. The Labute approximate surface area is 226 Å². The van der Waals surface area contributed by atoms with Crippen LogP contribution in [-0.2, 0) is 47.6 Å². The van der Waals surface area contributed by atoms with Gasteiger partial charge in [-0.05, 0) is 19.3 Å². The second-order valence-corrected chi connectivity index (χ2v) is 11.0. The lowest BCUT2D eigenvalue weighted by Crippen LogP contribution is -2.62. The number of hydrogen-bond acceptors (Lipinski definition) is 12. The maximum absolute atomic E-state index is 12.3. The van der Waals surface area contributed by atoms with Gasteiger partial charge in [0.25, 0.3) is 0 Å². The second-order valence-electron chi connectivity index (χ2n) is 11.0. The third-order valence-electron chi connectivity index (χ3n) is 8.18. The van der Waals surface area contributed by atoms with Gasteiger partial charge in [-0.15, -0.1) is 0 Å². The lowest BCUT2D eigenvalue weighted by atomic mass is 9.78. The summed E-state index contributed by atoms with van der Waals surface area (Å²) in [6, 6.07) is 0. The van der Waals surface area contributed by atoms with Crippen LogP contribution in [0.2, 0.25) is 0 Å². The molecule has 0 unspecified atom stereocenters. The molecule has 2 heterocycles. The molecule has 0 amide bonds. The van der Waals surface area contributed by atoms with E-state index in [1.165, 1.54) is 13.8 Å². The van der Waals surface area contributed by atoms with E-state index in [0.29, 0.717) is 18.4 Å². The van der Waals surface area contributed by atoms with Crippen LogP contribution >= 0.6 is 0 Å². The molecule has 12 heteroatoms. The zero-order valence-electron chi connectivity index (χ0n) is 22.5. The van der Waals surface area contributed by atoms with E-state index in [4.69, 9.17) is 28.4 Å². The first-order valence-electron chi connectivity index (χ1n) is 13.0. The second kappa shape index (κ2) is 11.0. The summed E-state index contributed by atoms with van der Waals surface area (Å²) >= 11 is 0. The molecule has 0 aromatic heterocycles. The number of esters is 4. The van der Waals surface area contributed by atoms with Crippen LogP contribution in [0.15, 0.2) is 24.3 Å². The fourth-order valence-electron chi connectivity index (χ4n) is 6.46. The summed E-state index contributed by atoms with van der Waals surface area (Å²) in [5.41, 5.74) is -0.0257. The van der Waals surface area contributed by atoms with Crippen LogP contribution in [0.5, 0.6) is 0 Å². The Hall–Kier alpha value is -2.80. The lowest BCUT2D eigenvalue weighted by Gasteiger charge is -2.45. The van der Waals surface area contributed by atoms with Gasteiger partial charge in [0.2, 0.25) is 0 Å². The van der Waals surface area contributed by atoms with Crippen molar-refractivity contribution in [3.63, 3.8) is 0 Å². The maximum Gasteiger partial charge on any atom is 0.334 e.